The Hall–Kier alpha value is -3.50. The summed E-state index contributed by atoms with van der Waals surface area (Å²) in [6.45, 7) is 0. The molecule has 17 heteroatoms. The SMILES string of the molecule is Fc1c(F)c(F)c(C2(F)OC(F)(c3c(F)c(F)c(F)c(F)c3F)c3c(F)c(F)c(F)c(F)c32)c(F)c1F. The van der Waals surface area contributed by atoms with Crippen LogP contribution in [0.2, 0.25) is 0 Å². The minimum Gasteiger partial charge on any atom is -0.292 e. The molecule has 0 N–H and O–H groups in total. The van der Waals surface area contributed by atoms with Gasteiger partial charge in [0.1, 0.15) is 0 Å². The Kier molecular flexibility index (Phi) is 5.74. The predicted molar refractivity (Wildman–Crippen MR) is 83.6 cm³/mol. The Labute approximate surface area is 191 Å². The van der Waals surface area contributed by atoms with Crippen molar-refractivity contribution in [3.05, 3.63) is 104 Å². The van der Waals surface area contributed by atoms with Crippen molar-refractivity contribution in [2.45, 2.75) is 11.7 Å². The van der Waals surface area contributed by atoms with E-state index in [-0.39, 0.29) is 0 Å². The topological polar surface area (TPSA) is 9.23 Å². The molecule has 1 heterocycles. The minimum absolute atomic E-state index is 2.93. The molecule has 0 amide bonds. The number of hydrogen-bond acceptors (Lipinski definition) is 1. The van der Waals surface area contributed by atoms with Gasteiger partial charge in [0.2, 0.25) is 11.6 Å². The highest BCUT2D eigenvalue weighted by molar-refractivity contribution is 5.53. The van der Waals surface area contributed by atoms with Gasteiger partial charge in [-0.1, -0.05) is 0 Å². The van der Waals surface area contributed by atoms with E-state index < -0.39 is 115 Å². The lowest BCUT2D eigenvalue weighted by Gasteiger charge is -2.27. The van der Waals surface area contributed by atoms with E-state index in [0.717, 1.165) is 0 Å². The van der Waals surface area contributed by atoms with Gasteiger partial charge in [0.15, 0.2) is 69.8 Å². The van der Waals surface area contributed by atoms with Crippen LogP contribution < -0.4 is 0 Å². The zero-order chi connectivity index (χ0) is 28.1. The molecule has 2 atom stereocenters. The number of rotatable bonds is 2. The van der Waals surface area contributed by atoms with Crippen molar-refractivity contribution in [1.29, 1.82) is 0 Å². The highest BCUT2D eigenvalue weighted by Gasteiger charge is 2.65. The molecule has 0 bridgehead atoms. The summed E-state index contributed by atoms with van der Waals surface area (Å²) in [6, 6.07) is 0. The molecule has 1 aliphatic rings. The van der Waals surface area contributed by atoms with Crippen LogP contribution in [0.1, 0.15) is 22.3 Å². The van der Waals surface area contributed by atoms with Crippen LogP contribution in [0.4, 0.5) is 70.2 Å². The smallest absolute Gasteiger partial charge is 0.274 e. The van der Waals surface area contributed by atoms with Gasteiger partial charge in [-0.15, -0.1) is 0 Å². The molecular formula is C20F16O. The lowest BCUT2D eigenvalue weighted by molar-refractivity contribution is -0.231. The third-order valence-electron chi connectivity index (χ3n) is 5.25. The summed E-state index contributed by atoms with van der Waals surface area (Å²) in [5.74, 6) is -55.2. The van der Waals surface area contributed by atoms with Crippen molar-refractivity contribution in [2.75, 3.05) is 0 Å². The Morgan fingerprint density at radius 3 is 0.649 bits per heavy atom. The molecule has 0 fully saturated rings. The van der Waals surface area contributed by atoms with Crippen LogP contribution in [0, 0.1) is 81.4 Å². The van der Waals surface area contributed by atoms with Crippen molar-refractivity contribution < 1.29 is 75.0 Å². The normalized spacial score (nSPS) is 21.1. The maximum Gasteiger partial charge on any atom is 0.274 e. The van der Waals surface area contributed by atoms with E-state index in [0.29, 0.717) is 0 Å². The fourth-order valence-electron chi connectivity index (χ4n) is 3.66. The maximum atomic E-state index is 15.9. The van der Waals surface area contributed by atoms with Gasteiger partial charge in [-0.3, -0.25) is 4.74 Å². The van der Waals surface area contributed by atoms with E-state index >= 15 is 8.78 Å². The number of alkyl halides is 2. The average molecular weight is 560 g/mol. The van der Waals surface area contributed by atoms with Crippen LogP contribution >= 0.6 is 0 Å². The molecule has 0 saturated carbocycles. The summed E-state index contributed by atoms with van der Waals surface area (Å²) in [4.78, 5) is 0. The largest absolute Gasteiger partial charge is 0.292 e. The highest BCUT2D eigenvalue weighted by atomic mass is 19.2. The van der Waals surface area contributed by atoms with Gasteiger partial charge >= 0.3 is 0 Å². The number of fused-ring (bicyclic) bond motifs is 1. The fraction of sp³-hybridized carbons (Fsp3) is 0.100. The van der Waals surface area contributed by atoms with E-state index in [9.17, 15) is 61.5 Å². The Morgan fingerprint density at radius 1 is 0.270 bits per heavy atom. The zero-order valence-electron chi connectivity index (χ0n) is 16.5. The Morgan fingerprint density at radius 2 is 0.432 bits per heavy atom. The van der Waals surface area contributed by atoms with Crippen LogP contribution in [0.3, 0.4) is 0 Å². The summed E-state index contributed by atoms with van der Waals surface area (Å²) in [6.07, 6.45) is 0. The molecule has 1 aliphatic heterocycles. The second-order valence-corrected chi connectivity index (χ2v) is 7.19. The van der Waals surface area contributed by atoms with Crippen LogP contribution in [-0.4, -0.2) is 0 Å². The molecule has 0 spiro atoms. The van der Waals surface area contributed by atoms with Crippen molar-refractivity contribution in [3.63, 3.8) is 0 Å². The molecule has 0 saturated heterocycles. The van der Waals surface area contributed by atoms with Crippen molar-refractivity contribution in [3.8, 4) is 0 Å². The predicted octanol–water partition coefficient (Wildman–Crippen LogP) is 7.01. The second kappa shape index (κ2) is 8.00. The van der Waals surface area contributed by atoms with E-state index in [1.54, 1.807) is 0 Å². The van der Waals surface area contributed by atoms with E-state index in [1.165, 1.54) is 0 Å². The molecule has 0 aliphatic carbocycles. The lowest BCUT2D eigenvalue weighted by Crippen LogP contribution is -2.33. The third kappa shape index (κ3) is 3.12. The first-order chi connectivity index (χ1) is 16.9. The molecule has 2 unspecified atom stereocenters. The van der Waals surface area contributed by atoms with E-state index in [1.807, 2.05) is 0 Å². The van der Waals surface area contributed by atoms with Gasteiger partial charge in [-0.2, -0.15) is 0 Å². The van der Waals surface area contributed by atoms with Gasteiger partial charge < -0.3 is 0 Å². The molecule has 3 aromatic rings. The van der Waals surface area contributed by atoms with Gasteiger partial charge in [-0.05, 0) is 0 Å². The van der Waals surface area contributed by atoms with Gasteiger partial charge in [0, 0.05) is 0 Å². The molecular weight excluding hydrogens is 560 g/mol. The average Bonchev–Trinajstić information content (AvgIpc) is 3.08. The fourth-order valence-corrected chi connectivity index (χ4v) is 3.66. The molecule has 198 valence electrons. The van der Waals surface area contributed by atoms with Crippen molar-refractivity contribution >= 4 is 0 Å². The van der Waals surface area contributed by atoms with Crippen LogP contribution in [0.5, 0.6) is 0 Å². The Bertz CT molecular complexity index is 1360. The number of halogens is 16. The molecule has 37 heavy (non-hydrogen) atoms. The van der Waals surface area contributed by atoms with Gasteiger partial charge in [0.05, 0.1) is 22.3 Å². The monoisotopic (exact) mass is 560 g/mol. The molecule has 0 radical (unpaired) electrons. The summed E-state index contributed by atoms with van der Waals surface area (Å²) in [5.41, 5.74) is -12.0. The quantitative estimate of drug-likeness (QED) is 0.186. The second-order valence-electron chi connectivity index (χ2n) is 7.19. The standard InChI is InChI=1S/C20F16O/c21-5-1-2(6(22)12(28)11(5)27)20(36,4-9(25)15(31)18(34)16(32)10(4)26)37-19(1,35)3-7(23)13(29)17(33)14(30)8(3)24. The van der Waals surface area contributed by atoms with Gasteiger partial charge in [0.25, 0.3) is 11.7 Å². The number of hydrogen-bond donors (Lipinski definition) is 0. The van der Waals surface area contributed by atoms with Crippen LogP contribution in [-0.2, 0) is 16.4 Å². The van der Waals surface area contributed by atoms with Crippen LogP contribution in [0.25, 0.3) is 0 Å². The minimum atomic E-state index is -5.52. The molecule has 0 aromatic heterocycles. The summed E-state index contributed by atoms with van der Waals surface area (Å²) < 4.78 is 231. The number of benzene rings is 3. The first-order valence-corrected chi connectivity index (χ1v) is 8.93. The summed E-state index contributed by atoms with van der Waals surface area (Å²) in [7, 11) is 0. The molecule has 3 aromatic carbocycles. The maximum absolute atomic E-state index is 15.9. The van der Waals surface area contributed by atoms with E-state index in [4.69, 9.17) is 0 Å². The van der Waals surface area contributed by atoms with Crippen LogP contribution in [0.15, 0.2) is 0 Å². The highest BCUT2D eigenvalue weighted by Crippen LogP contribution is 2.59. The summed E-state index contributed by atoms with van der Waals surface area (Å²) >= 11 is 0. The third-order valence-corrected chi connectivity index (χ3v) is 5.25. The molecule has 1 nitrogen and oxygen atoms in total. The van der Waals surface area contributed by atoms with E-state index in [2.05, 4.69) is 4.74 Å². The van der Waals surface area contributed by atoms with Crippen molar-refractivity contribution in [1.82, 2.24) is 0 Å². The first-order valence-electron chi connectivity index (χ1n) is 8.93. The number of ether oxygens (including phenoxy) is 1. The summed E-state index contributed by atoms with van der Waals surface area (Å²) in [5, 5.41) is 0. The Balaban J connectivity index is 2.26. The lowest BCUT2D eigenvalue weighted by atomic mass is 9.90. The van der Waals surface area contributed by atoms with Crippen molar-refractivity contribution in [2.24, 2.45) is 0 Å². The first kappa shape index (κ1) is 26.6. The molecule has 4 rings (SSSR count). The van der Waals surface area contributed by atoms with Gasteiger partial charge in [-0.25, -0.2) is 70.2 Å². The zero-order valence-corrected chi connectivity index (χ0v) is 16.5.